The molecule has 2 rings (SSSR count). The normalized spacial score (nSPS) is 13.9. The zero-order chi connectivity index (χ0) is 12.4. The molecule has 0 saturated heterocycles. The second-order valence-electron chi connectivity index (χ2n) is 3.67. The van der Waals surface area contributed by atoms with E-state index < -0.39 is 0 Å². The number of hydrogen-bond acceptors (Lipinski definition) is 4. The Labute approximate surface area is 98.3 Å². The predicted molar refractivity (Wildman–Crippen MR) is 62.8 cm³/mol. The van der Waals surface area contributed by atoms with E-state index in [0.29, 0.717) is 17.1 Å². The summed E-state index contributed by atoms with van der Waals surface area (Å²) in [5.41, 5.74) is 6.71. The van der Waals surface area contributed by atoms with Gasteiger partial charge >= 0.3 is 0 Å². The van der Waals surface area contributed by atoms with E-state index in [4.69, 9.17) is 10.5 Å². The van der Waals surface area contributed by atoms with Crippen molar-refractivity contribution >= 4 is 23.2 Å². The van der Waals surface area contributed by atoms with Gasteiger partial charge in [0, 0.05) is 12.7 Å². The molecule has 0 aliphatic carbocycles. The average molecular weight is 235 g/mol. The Morgan fingerprint density at radius 3 is 3.06 bits per heavy atom. The zero-order valence-electron chi connectivity index (χ0n) is 9.40. The summed E-state index contributed by atoms with van der Waals surface area (Å²) in [5, 5.41) is 2.47. The van der Waals surface area contributed by atoms with Gasteiger partial charge in [0.1, 0.15) is 12.3 Å². The first-order valence-electron chi connectivity index (χ1n) is 5.15. The molecule has 2 amide bonds. The molecule has 0 bridgehead atoms. The van der Waals surface area contributed by atoms with Crippen molar-refractivity contribution in [3.63, 3.8) is 0 Å². The fourth-order valence-electron chi connectivity index (χ4n) is 1.62. The molecule has 1 aliphatic rings. The number of likely N-dealkylation sites (N-methyl/N-ethyl adjacent to an activating group) is 1. The molecule has 0 saturated carbocycles. The van der Waals surface area contributed by atoms with Crippen LogP contribution in [0.1, 0.15) is 0 Å². The highest BCUT2D eigenvalue weighted by Crippen LogP contribution is 2.33. The first-order chi connectivity index (χ1) is 8.11. The first kappa shape index (κ1) is 11.3. The van der Waals surface area contributed by atoms with Crippen LogP contribution < -0.4 is 20.7 Å². The van der Waals surface area contributed by atoms with Crippen LogP contribution in [0.15, 0.2) is 18.2 Å². The minimum Gasteiger partial charge on any atom is -0.482 e. The molecule has 6 nitrogen and oxygen atoms in total. The van der Waals surface area contributed by atoms with E-state index in [-0.39, 0.29) is 25.0 Å². The van der Waals surface area contributed by atoms with Gasteiger partial charge in [-0.15, -0.1) is 0 Å². The summed E-state index contributed by atoms with van der Waals surface area (Å²) in [5.74, 6) is 0.0584. The Bertz CT molecular complexity index is 473. The number of amides is 2. The third-order valence-electron chi connectivity index (χ3n) is 2.51. The second-order valence-corrected chi connectivity index (χ2v) is 3.67. The van der Waals surface area contributed by atoms with Crippen molar-refractivity contribution in [2.24, 2.45) is 0 Å². The van der Waals surface area contributed by atoms with Crippen molar-refractivity contribution in [2.75, 3.05) is 30.8 Å². The lowest BCUT2D eigenvalue weighted by Gasteiger charge is -2.28. The van der Waals surface area contributed by atoms with E-state index in [2.05, 4.69) is 5.32 Å². The molecular weight excluding hydrogens is 222 g/mol. The highest BCUT2D eigenvalue weighted by Gasteiger charge is 2.27. The molecule has 6 heteroatoms. The molecule has 0 fully saturated rings. The molecule has 3 N–H and O–H groups in total. The van der Waals surface area contributed by atoms with E-state index in [0.717, 1.165) is 0 Å². The molecule has 90 valence electrons. The van der Waals surface area contributed by atoms with Gasteiger partial charge < -0.3 is 15.8 Å². The zero-order valence-corrected chi connectivity index (χ0v) is 9.40. The maximum atomic E-state index is 11.7. The summed E-state index contributed by atoms with van der Waals surface area (Å²) < 4.78 is 5.26. The molecule has 1 heterocycles. The third-order valence-corrected chi connectivity index (χ3v) is 2.51. The molecule has 0 spiro atoms. The quantitative estimate of drug-likeness (QED) is 0.692. The number of anilines is 2. The van der Waals surface area contributed by atoms with Gasteiger partial charge in [-0.1, -0.05) is 0 Å². The molecule has 1 aromatic carbocycles. The van der Waals surface area contributed by atoms with Gasteiger partial charge in [0.2, 0.25) is 5.91 Å². The molecule has 0 radical (unpaired) electrons. The Hall–Kier alpha value is -2.24. The second kappa shape index (κ2) is 4.32. The highest BCUT2D eigenvalue weighted by molar-refractivity contribution is 6.02. The topological polar surface area (TPSA) is 84.7 Å². The van der Waals surface area contributed by atoms with Gasteiger partial charge in [-0.25, -0.2) is 0 Å². The van der Waals surface area contributed by atoms with Crippen molar-refractivity contribution < 1.29 is 14.3 Å². The highest BCUT2D eigenvalue weighted by atomic mass is 16.5. The number of nitrogens with one attached hydrogen (secondary N) is 1. The molecule has 17 heavy (non-hydrogen) atoms. The summed E-state index contributed by atoms with van der Waals surface area (Å²) in [6.07, 6.45) is 0. The van der Waals surface area contributed by atoms with Gasteiger partial charge in [0.25, 0.3) is 5.91 Å². The summed E-state index contributed by atoms with van der Waals surface area (Å²) >= 11 is 0. The summed E-state index contributed by atoms with van der Waals surface area (Å²) in [6.45, 7) is -0.0942. The van der Waals surface area contributed by atoms with Crippen LogP contribution in [0.2, 0.25) is 0 Å². The molecule has 0 unspecified atom stereocenters. The molecule has 0 atom stereocenters. The molecule has 0 aromatic heterocycles. The van der Waals surface area contributed by atoms with E-state index >= 15 is 0 Å². The van der Waals surface area contributed by atoms with Crippen molar-refractivity contribution in [3.05, 3.63) is 18.2 Å². The average Bonchev–Trinajstić information content (AvgIpc) is 2.32. The van der Waals surface area contributed by atoms with Crippen LogP contribution in [0.5, 0.6) is 5.75 Å². The molecule has 1 aliphatic heterocycles. The molecule has 1 aromatic rings. The number of nitrogens with two attached hydrogens (primary N) is 1. The third kappa shape index (κ3) is 2.15. The number of nitrogen functional groups attached to an aromatic ring is 1. The Morgan fingerprint density at radius 2 is 2.35 bits per heavy atom. The van der Waals surface area contributed by atoms with Crippen LogP contribution in [-0.2, 0) is 9.59 Å². The lowest BCUT2D eigenvalue weighted by molar-refractivity contribution is -0.125. The van der Waals surface area contributed by atoms with E-state index in [1.54, 1.807) is 18.2 Å². The fourth-order valence-corrected chi connectivity index (χ4v) is 1.62. The number of rotatable bonds is 2. The van der Waals surface area contributed by atoms with E-state index in [9.17, 15) is 9.59 Å². The van der Waals surface area contributed by atoms with Crippen molar-refractivity contribution in [3.8, 4) is 5.75 Å². The summed E-state index contributed by atoms with van der Waals surface area (Å²) in [7, 11) is 1.52. The number of hydrogen-bond donors (Lipinski definition) is 2. The Kier molecular flexibility index (Phi) is 2.86. The van der Waals surface area contributed by atoms with Crippen molar-refractivity contribution in [2.45, 2.75) is 0 Å². The lowest BCUT2D eigenvalue weighted by Crippen LogP contribution is -2.44. The van der Waals surface area contributed by atoms with Crippen LogP contribution in [0, 0.1) is 0 Å². The van der Waals surface area contributed by atoms with Crippen LogP contribution in [0.3, 0.4) is 0 Å². The Morgan fingerprint density at radius 1 is 1.59 bits per heavy atom. The molecular formula is C11H13N3O3. The standard InChI is InChI=1S/C11H13N3O3/c1-13-10(15)5-14-8-4-7(12)2-3-9(8)17-6-11(14)16/h2-4H,5-6,12H2,1H3,(H,13,15). The smallest absolute Gasteiger partial charge is 0.265 e. The van der Waals surface area contributed by atoms with Crippen LogP contribution >= 0.6 is 0 Å². The van der Waals surface area contributed by atoms with Gasteiger partial charge in [-0.3, -0.25) is 14.5 Å². The number of carbonyl (C=O) groups excluding carboxylic acids is 2. The van der Waals surface area contributed by atoms with Gasteiger partial charge in [-0.2, -0.15) is 0 Å². The van der Waals surface area contributed by atoms with Crippen LogP contribution in [0.4, 0.5) is 11.4 Å². The van der Waals surface area contributed by atoms with Crippen molar-refractivity contribution in [1.29, 1.82) is 0 Å². The van der Waals surface area contributed by atoms with Gasteiger partial charge in [0.05, 0.1) is 5.69 Å². The number of ether oxygens (including phenoxy) is 1. The van der Waals surface area contributed by atoms with Gasteiger partial charge in [-0.05, 0) is 18.2 Å². The van der Waals surface area contributed by atoms with E-state index in [1.807, 2.05) is 0 Å². The maximum Gasteiger partial charge on any atom is 0.265 e. The monoisotopic (exact) mass is 235 g/mol. The summed E-state index contributed by atoms with van der Waals surface area (Å²) in [6, 6.07) is 5.00. The number of fused-ring (bicyclic) bond motifs is 1. The maximum absolute atomic E-state index is 11.7. The predicted octanol–water partition coefficient (Wildman–Crippen LogP) is -0.260. The summed E-state index contributed by atoms with van der Waals surface area (Å²) in [4.78, 5) is 24.4. The van der Waals surface area contributed by atoms with Crippen LogP contribution in [0.25, 0.3) is 0 Å². The fraction of sp³-hybridized carbons (Fsp3) is 0.273. The first-order valence-corrected chi connectivity index (χ1v) is 5.15. The lowest BCUT2D eigenvalue weighted by atomic mass is 10.2. The SMILES string of the molecule is CNC(=O)CN1C(=O)COc2ccc(N)cc21. The van der Waals surface area contributed by atoms with Crippen molar-refractivity contribution in [1.82, 2.24) is 5.32 Å². The van der Waals surface area contributed by atoms with E-state index in [1.165, 1.54) is 11.9 Å². The number of benzene rings is 1. The number of carbonyl (C=O) groups is 2. The number of nitrogens with zero attached hydrogens (tertiary/aromatic N) is 1. The minimum absolute atomic E-state index is 0.0326. The Balaban J connectivity index is 2.35. The minimum atomic E-state index is -0.258. The van der Waals surface area contributed by atoms with Gasteiger partial charge in [0.15, 0.2) is 6.61 Å². The largest absolute Gasteiger partial charge is 0.482 e. The van der Waals surface area contributed by atoms with Crippen LogP contribution in [-0.4, -0.2) is 32.0 Å².